The van der Waals surface area contributed by atoms with E-state index < -0.39 is 0 Å². The van der Waals surface area contributed by atoms with Gasteiger partial charge in [-0.1, -0.05) is 6.07 Å². The predicted molar refractivity (Wildman–Crippen MR) is 77.9 cm³/mol. The van der Waals surface area contributed by atoms with Gasteiger partial charge in [-0.2, -0.15) is 0 Å². The molecule has 0 unspecified atom stereocenters. The van der Waals surface area contributed by atoms with E-state index in [0.29, 0.717) is 11.4 Å². The molecule has 0 aliphatic rings. The lowest BCUT2D eigenvalue weighted by atomic mass is 10.2. The first kappa shape index (κ1) is 12.8. The van der Waals surface area contributed by atoms with E-state index in [9.17, 15) is 4.79 Å². The summed E-state index contributed by atoms with van der Waals surface area (Å²) in [6.45, 7) is 0. The van der Waals surface area contributed by atoms with Crippen molar-refractivity contribution in [3.63, 3.8) is 0 Å². The zero-order valence-electron chi connectivity index (χ0n) is 9.68. The number of pyridine rings is 1. The van der Waals surface area contributed by atoms with E-state index in [0.717, 1.165) is 9.26 Å². The van der Waals surface area contributed by atoms with Crippen molar-refractivity contribution in [3.8, 4) is 5.88 Å². The summed E-state index contributed by atoms with van der Waals surface area (Å²) >= 11 is 2.20. The molecule has 1 heterocycles. The average Bonchev–Trinajstić information content (AvgIpc) is 2.39. The number of aromatic nitrogens is 1. The molecule has 0 fully saturated rings. The van der Waals surface area contributed by atoms with Gasteiger partial charge in [-0.15, -0.1) is 0 Å². The van der Waals surface area contributed by atoms with Gasteiger partial charge in [0.1, 0.15) is 0 Å². The Balaban J connectivity index is 2.11. The molecule has 1 amide bonds. The maximum atomic E-state index is 11.9. The largest absolute Gasteiger partial charge is 0.481 e. The Kier molecular flexibility index (Phi) is 4.14. The third-order valence-electron chi connectivity index (χ3n) is 2.29. The molecule has 18 heavy (non-hydrogen) atoms. The van der Waals surface area contributed by atoms with Crippen LogP contribution in [0, 0.1) is 3.57 Å². The summed E-state index contributed by atoms with van der Waals surface area (Å²) in [6.07, 6.45) is 1.49. The van der Waals surface area contributed by atoms with E-state index in [-0.39, 0.29) is 5.91 Å². The number of nitrogens with one attached hydrogen (secondary N) is 1. The van der Waals surface area contributed by atoms with Gasteiger partial charge in [0.05, 0.1) is 12.7 Å². The van der Waals surface area contributed by atoms with Gasteiger partial charge in [-0.25, -0.2) is 4.98 Å². The van der Waals surface area contributed by atoms with Crippen LogP contribution in [0.2, 0.25) is 0 Å². The number of ether oxygens (including phenoxy) is 1. The first-order valence-electron chi connectivity index (χ1n) is 5.26. The minimum atomic E-state index is -0.188. The number of hydrogen-bond donors (Lipinski definition) is 1. The first-order valence-corrected chi connectivity index (χ1v) is 6.34. The fourth-order valence-electron chi connectivity index (χ4n) is 1.40. The summed E-state index contributed by atoms with van der Waals surface area (Å²) in [6, 6.07) is 10.9. The van der Waals surface area contributed by atoms with Gasteiger partial charge in [0.15, 0.2) is 0 Å². The maximum Gasteiger partial charge on any atom is 0.257 e. The molecule has 0 aliphatic carbocycles. The molecule has 1 aromatic heterocycles. The molecule has 2 rings (SSSR count). The Labute approximate surface area is 119 Å². The van der Waals surface area contributed by atoms with Crippen molar-refractivity contribution in [2.24, 2.45) is 0 Å². The van der Waals surface area contributed by atoms with Crippen LogP contribution in [-0.4, -0.2) is 18.0 Å². The van der Waals surface area contributed by atoms with Crippen LogP contribution in [0.1, 0.15) is 10.4 Å². The second-order valence-electron chi connectivity index (χ2n) is 3.55. The number of carbonyl (C=O) groups is 1. The highest BCUT2D eigenvalue weighted by atomic mass is 127. The summed E-state index contributed by atoms with van der Waals surface area (Å²) in [5.41, 5.74) is 1.26. The molecule has 0 spiro atoms. The van der Waals surface area contributed by atoms with Gasteiger partial charge < -0.3 is 10.1 Å². The average molecular weight is 354 g/mol. The fraction of sp³-hybridized carbons (Fsp3) is 0.0769. The molecule has 92 valence electrons. The van der Waals surface area contributed by atoms with Crippen molar-refractivity contribution in [2.75, 3.05) is 12.4 Å². The second kappa shape index (κ2) is 5.81. The Morgan fingerprint density at radius 3 is 2.78 bits per heavy atom. The fourth-order valence-corrected chi connectivity index (χ4v) is 1.95. The number of halogens is 1. The van der Waals surface area contributed by atoms with E-state index >= 15 is 0 Å². The standard InChI is InChI=1S/C13H11IN2O2/c1-18-12-6-5-9(8-15-12)13(17)16-11-4-2-3-10(14)7-11/h2-8H,1H3,(H,16,17). The van der Waals surface area contributed by atoms with E-state index in [4.69, 9.17) is 4.74 Å². The van der Waals surface area contributed by atoms with E-state index in [1.807, 2.05) is 24.3 Å². The highest BCUT2D eigenvalue weighted by Crippen LogP contribution is 2.14. The minimum absolute atomic E-state index is 0.188. The Morgan fingerprint density at radius 1 is 1.33 bits per heavy atom. The van der Waals surface area contributed by atoms with E-state index in [1.54, 1.807) is 12.1 Å². The summed E-state index contributed by atoms with van der Waals surface area (Å²) in [5, 5.41) is 2.81. The summed E-state index contributed by atoms with van der Waals surface area (Å²) < 4.78 is 6.01. The molecule has 0 radical (unpaired) electrons. The molecule has 5 heteroatoms. The lowest BCUT2D eigenvalue weighted by Gasteiger charge is -2.05. The Bertz CT molecular complexity index is 555. The van der Waals surface area contributed by atoms with Crippen molar-refractivity contribution in [2.45, 2.75) is 0 Å². The number of carbonyl (C=O) groups excluding carboxylic acids is 1. The van der Waals surface area contributed by atoms with Crippen LogP contribution in [0.25, 0.3) is 0 Å². The maximum absolute atomic E-state index is 11.9. The van der Waals surface area contributed by atoms with Gasteiger partial charge in [0.2, 0.25) is 5.88 Å². The molecule has 2 aromatic rings. The first-order chi connectivity index (χ1) is 8.69. The number of hydrogen-bond acceptors (Lipinski definition) is 3. The van der Waals surface area contributed by atoms with Crippen molar-refractivity contribution in [1.82, 2.24) is 4.98 Å². The zero-order valence-corrected chi connectivity index (χ0v) is 11.8. The van der Waals surface area contributed by atoms with Crippen molar-refractivity contribution >= 4 is 34.2 Å². The van der Waals surface area contributed by atoms with Gasteiger partial charge in [0, 0.05) is 21.5 Å². The number of methoxy groups -OCH3 is 1. The van der Waals surface area contributed by atoms with Crippen molar-refractivity contribution < 1.29 is 9.53 Å². The van der Waals surface area contributed by atoms with Crippen LogP contribution in [0.4, 0.5) is 5.69 Å². The van der Waals surface area contributed by atoms with Gasteiger partial charge in [0.25, 0.3) is 5.91 Å². The molecular weight excluding hydrogens is 343 g/mol. The molecule has 0 saturated heterocycles. The van der Waals surface area contributed by atoms with Crippen LogP contribution >= 0.6 is 22.6 Å². The summed E-state index contributed by atoms with van der Waals surface area (Å²) in [7, 11) is 1.54. The number of rotatable bonds is 3. The van der Waals surface area contributed by atoms with Crippen LogP contribution in [-0.2, 0) is 0 Å². The monoisotopic (exact) mass is 354 g/mol. The Hall–Kier alpha value is -1.63. The molecule has 0 bridgehead atoms. The quantitative estimate of drug-likeness (QED) is 0.863. The predicted octanol–water partition coefficient (Wildman–Crippen LogP) is 2.95. The van der Waals surface area contributed by atoms with Gasteiger partial charge >= 0.3 is 0 Å². The second-order valence-corrected chi connectivity index (χ2v) is 4.80. The van der Waals surface area contributed by atoms with Crippen LogP contribution in [0.15, 0.2) is 42.6 Å². The van der Waals surface area contributed by atoms with Gasteiger partial charge in [-0.3, -0.25) is 4.79 Å². The molecule has 0 atom stereocenters. The molecule has 0 aliphatic heterocycles. The number of benzene rings is 1. The third kappa shape index (κ3) is 3.19. The SMILES string of the molecule is COc1ccc(C(=O)Nc2cccc(I)c2)cn1. The summed E-state index contributed by atoms with van der Waals surface area (Å²) in [5.74, 6) is 0.299. The van der Waals surface area contributed by atoms with Crippen molar-refractivity contribution in [1.29, 1.82) is 0 Å². The molecular formula is C13H11IN2O2. The topological polar surface area (TPSA) is 51.2 Å². The zero-order chi connectivity index (χ0) is 13.0. The molecule has 4 nitrogen and oxygen atoms in total. The number of anilines is 1. The lowest BCUT2D eigenvalue weighted by Crippen LogP contribution is -2.12. The lowest BCUT2D eigenvalue weighted by molar-refractivity contribution is 0.102. The highest BCUT2D eigenvalue weighted by Gasteiger charge is 2.06. The third-order valence-corrected chi connectivity index (χ3v) is 2.96. The smallest absolute Gasteiger partial charge is 0.257 e. The summed E-state index contributed by atoms with van der Waals surface area (Å²) in [4.78, 5) is 15.9. The van der Waals surface area contributed by atoms with E-state index in [2.05, 4.69) is 32.9 Å². The van der Waals surface area contributed by atoms with E-state index in [1.165, 1.54) is 13.3 Å². The number of nitrogens with zero attached hydrogens (tertiary/aromatic N) is 1. The van der Waals surface area contributed by atoms with Crippen molar-refractivity contribution in [3.05, 3.63) is 51.7 Å². The van der Waals surface area contributed by atoms with Crippen LogP contribution in [0.3, 0.4) is 0 Å². The van der Waals surface area contributed by atoms with Crippen LogP contribution < -0.4 is 10.1 Å². The minimum Gasteiger partial charge on any atom is -0.481 e. The Morgan fingerprint density at radius 2 is 2.17 bits per heavy atom. The normalized spacial score (nSPS) is 9.89. The molecule has 1 N–H and O–H groups in total. The van der Waals surface area contributed by atoms with Crippen LogP contribution in [0.5, 0.6) is 5.88 Å². The molecule has 1 aromatic carbocycles. The highest BCUT2D eigenvalue weighted by molar-refractivity contribution is 14.1. The molecule has 0 saturated carbocycles. The number of amides is 1. The van der Waals surface area contributed by atoms with Gasteiger partial charge in [-0.05, 0) is 46.9 Å².